The first-order valence-corrected chi connectivity index (χ1v) is 8.17. The fraction of sp³-hybridized carbons (Fsp3) is 0.0556. The molecule has 2 aromatic carbocycles. The van der Waals surface area contributed by atoms with E-state index in [1.807, 2.05) is 54.6 Å². The van der Waals surface area contributed by atoms with Crippen molar-refractivity contribution in [3.63, 3.8) is 0 Å². The van der Waals surface area contributed by atoms with Crippen molar-refractivity contribution in [2.24, 2.45) is 0 Å². The van der Waals surface area contributed by atoms with Crippen molar-refractivity contribution in [2.75, 3.05) is 5.32 Å². The standard InChI is InChI=1S/C18H14N4S/c1-2-7-14(8-3-1)18-22-21-17(23-18)12-19-16-11-10-13-6-4-5-9-15(13)20-16/h1-11H,12H2,(H,19,20). The molecule has 4 rings (SSSR count). The number of hydrogen-bond acceptors (Lipinski definition) is 5. The van der Waals surface area contributed by atoms with Gasteiger partial charge < -0.3 is 5.32 Å². The van der Waals surface area contributed by atoms with Gasteiger partial charge in [0.1, 0.15) is 15.8 Å². The highest BCUT2D eigenvalue weighted by Crippen LogP contribution is 2.23. The van der Waals surface area contributed by atoms with Crippen molar-refractivity contribution >= 4 is 28.1 Å². The summed E-state index contributed by atoms with van der Waals surface area (Å²) in [7, 11) is 0. The first kappa shape index (κ1) is 13.8. The molecule has 0 bridgehead atoms. The molecule has 0 aliphatic heterocycles. The van der Waals surface area contributed by atoms with Crippen molar-refractivity contribution in [3.05, 3.63) is 71.7 Å². The zero-order valence-corrected chi connectivity index (χ0v) is 13.1. The monoisotopic (exact) mass is 318 g/mol. The van der Waals surface area contributed by atoms with E-state index in [9.17, 15) is 0 Å². The summed E-state index contributed by atoms with van der Waals surface area (Å²) in [5, 5.41) is 14.8. The summed E-state index contributed by atoms with van der Waals surface area (Å²) in [5.41, 5.74) is 2.08. The summed E-state index contributed by atoms with van der Waals surface area (Å²) >= 11 is 1.60. The predicted octanol–water partition coefficient (Wildman–Crippen LogP) is 4.37. The van der Waals surface area contributed by atoms with E-state index in [2.05, 4.69) is 32.6 Å². The Morgan fingerprint density at radius 2 is 1.65 bits per heavy atom. The Morgan fingerprint density at radius 1 is 0.826 bits per heavy atom. The van der Waals surface area contributed by atoms with Gasteiger partial charge in [0.25, 0.3) is 0 Å². The minimum Gasteiger partial charge on any atom is -0.363 e. The second-order valence-corrected chi connectivity index (χ2v) is 6.17. The lowest BCUT2D eigenvalue weighted by Gasteiger charge is -2.04. The van der Waals surface area contributed by atoms with Crippen molar-refractivity contribution in [1.29, 1.82) is 0 Å². The Kier molecular flexibility index (Phi) is 3.70. The van der Waals surface area contributed by atoms with Crippen LogP contribution in [0, 0.1) is 0 Å². The lowest BCUT2D eigenvalue weighted by atomic mass is 10.2. The van der Waals surface area contributed by atoms with Gasteiger partial charge in [0.15, 0.2) is 0 Å². The van der Waals surface area contributed by atoms with E-state index in [0.717, 1.165) is 32.3 Å². The van der Waals surface area contributed by atoms with Gasteiger partial charge in [-0.2, -0.15) is 0 Å². The minimum absolute atomic E-state index is 0.621. The molecule has 4 nitrogen and oxygen atoms in total. The Bertz CT molecular complexity index is 934. The molecule has 23 heavy (non-hydrogen) atoms. The maximum absolute atomic E-state index is 4.60. The van der Waals surface area contributed by atoms with Crippen LogP contribution in [0.4, 0.5) is 5.82 Å². The van der Waals surface area contributed by atoms with Gasteiger partial charge in [0, 0.05) is 10.9 Å². The van der Waals surface area contributed by atoms with Gasteiger partial charge in [-0.15, -0.1) is 10.2 Å². The number of nitrogens with zero attached hydrogens (tertiary/aromatic N) is 3. The van der Waals surface area contributed by atoms with E-state index in [1.54, 1.807) is 11.3 Å². The zero-order valence-electron chi connectivity index (χ0n) is 12.3. The second-order valence-electron chi connectivity index (χ2n) is 5.11. The number of anilines is 1. The lowest BCUT2D eigenvalue weighted by molar-refractivity contribution is 0.987. The number of fused-ring (bicyclic) bond motifs is 1. The predicted molar refractivity (Wildman–Crippen MR) is 94.4 cm³/mol. The largest absolute Gasteiger partial charge is 0.363 e. The van der Waals surface area contributed by atoms with Crippen LogP contribution in [0.15, 0.2) is 66.7 Å². The van der Waals surface area contributed by atoms with Gasteiger partial charge in [0.2, 0.25) is 0 Å². The summed E-state index contributed by atoms with van der Waals surface area (Å²) in [6.45, 7) is 0.621. The number of benzene rings is 2. The van der Waals surface area contributed by atoms with Crippen LogP contribution in [0.1, 0.15) is 5.01 Å². The summed E-state index contributed by atoms with van der Waals surface area (Å²) in [5.74, 6) is 0.847. The number of aromatic nitrogens is 3. The molecular formula is C18H14N4S. The van der Waals surface area contributed by atoms with Gasteiger partial charge in [-0.3, -0.25) is 0 Å². The molecule has 4 aromatic rings. The third kappa shape index (κ3) is 3.05. The van der Waals surface area contributed by atoms with Crippen molar-refractivity contribution < 1.29 is 0 Å². The van der Waals surface area contributed by atoms with Crippen molar-refractivity contribution in [3.8, 4) is 10.6 Å². The zero-order chi connectivity index (χ0) is 15.5. The maximum atomic E-state index is 4.60. The molecule has 0 saturated heterocycles. The third-order valence-corrected chi connectivity index (χ3v) is 4.48. The highest BCUT2D eigenvalue weighted by molar-refractivity contribution is 7.14. The van der Waals surface area contributed by atoms with Gasteiger partial charge in [-0.05, 0) is 18.2 Å². The second kappa shape index (κ2) is 6.14. The first-order chi connectivity index (χ1) is 11.4. The quantitative estimate of drug-likeness (QED) is 0.607. The SMILES string of the molecule is c1ccc(-c2nnc(CNc3ccc4ccccc4n3)s2)cc1. The van der Waals surface area contributed by atoms with Crippen LogP contribution in [-0.2, 0) is 6.54 Å². The van der Waals surface area contributed by atoms with Gasteiger partial charge in [-0.1, -0.05) is 59.9 Å². The molecule has 0 radical (unpaired) electrons. The lowest BCUT2D eigenvalue weighted by Crippen LogP contribution is -2.00. The van der Waals surface area contributed by atoms with E-state index >= 15 is 0 Å². The first-order valence-electron chi connectivity index (χ1n) is 7.36. The van der Waals surface area contributed by atoms with Gasteiger partial charge in [0.05, 0.1) is 12.1 Å². The molecule has 2 aromatic heterocycles. The molecule has 2 heterocycles. The van der Waals surface area contributed by atoms with Crippen molar-refractivity contribution in [1.82, 2.24) is 15.2 Å². The van der Waals surface area contributed by atoms with Crippen LogP contribution < -0.4 is 5.32 Å². The van der Waals surface area contributed by atoms with Gasteiger partial charge in [-0.25, -0.2) is 4.98 Å². The summed E-state index contributed by atoms with van der Waals surface area (Å²) in [6, 6.07) is 22.2. The highest BCUT2D eigenvalue weighted by atomic mass is 32.1. The molecule has 0 aliphatic carbocycles. The molecule has 5 heteroatoms. The number of pyridine rings is 1. The topological polar surface area (TPSA) is 50.7 Å². The van der Waals surface area contributed by atoms with E-state index in [0.29, 0.717) is 6.54 Å². The highest BCUT2D eigenvalue weighted by Gasteiger charge is 2.06. The number of rotatable bonds is 4. The molecule has 0 spiro atoms. The Hall–Kier alpha value is -2.79. The molecule has 0 atom stereocenters. The van der Waals surface area contributed by atoms with Crippen LogP contribution in [0.3, 0.4) is 0 Å². The number of hydrogen-bond donors (Lipinski definition) is 1. The van der Waals surface area contributed by atoms with Crippen molar-refractivity contribution in [2.45, 2.75) is 6.54 Å². The Balaban J connectivity index is 1.49. The molecule has 1 N–H and O–H groups in total. The summed E-state index contributed by atoms with van der Waals surface area (Å²) < 4.78 is 0. The molecule has 0 fully saturated rings. The van der Waals surface area contributed by atoms with Crippen LogP contribution in [0.5, 0.6) is 0 Å². The molecule has 0 aliphatic rings. The fourth-order valence-electron chi connectivity index (χ4n) is 2.35. The molecule has 112 valence electrons. The van der Waals surface area contributed by atoms with Crippen LogP contribution in [-0.4, -0.2) is 15.2 Å². The van der Waals surface area contributed by atoms with E-state index in [1.165, 1.54) is 0 Å². The molecular weight excluding hydrogens is 304 g/mol. The number of nitrogens with one attached hydrogen (secondary N) is 1. The summed E-state index contributed by atoms with van der Waals surface area (Å²) in [4.78, 5) is 4.60. The molecule has 0 unspecified atom stereocenters. The molecule has 0 saturated carbocycles. The average Bonchev–Trinajstić information content (AvgIpc) is 3.10. The minimum atomic E-state index is 0.621. The van der Waals surface area contributed by atoms with E-state index < -0.39 is 0 Å². The normalized spacial score (nSPS) is 10.8. The smallest absolute Gasteiger partial charge is 0.147 e. The van der Waals surface area contributed by atoms with Gasteiger partial charge >= 0.3 is 0 Å². The van der Waals surface area contributed by atoms with E-state index in [-0.39, 0.29) is 0 Å². The average molecular weight is 318 g/mol. The molecule has 0 amide bonds. The summed E-state index contributed by atoms with van der Waals surface area (Å²) in [6.07, 6.45) is 0. The van der Waals surface area contributed by atoms with Crippen LogP contribution in [0.2, 0.25) is 0 Å². The fourth-order valence-corrected chi connectivity index (χ4v) is 3.14. The Labute approximate surface area is 137 Å². The van der Waals surface area contributed by atoms with E-state index in [4.69, 9.17) is 0 Å². The third-order valence-electron chi connectivity index (χ3n) is 3.51. The number of para-hydroxylation sites is 1. The van der Waals surface area contributed by atoms with Crippen LogP contribution >= 0.6 is 11.3 Å². The maximum Gasteiger partial charge on any atom is 0.147 e. The van der Waals surface area contributed by atoms with Crippen LogP contribution in [0.25, 0.3) is 21.5 Å². The Morgan fingerprint density at radius 3 is 2.57 bits per heavy atom.